The summed E-state index contributed by atoms with van der Waals surface area (Å²) in [5, 5.41) is 3.37. The third kappa shape index (κ3) is 5.45. The highest BCUT2D eigenvalue weighted by atomic mass is 79.9. The quantitative estimate of drug-likeness (QED) is 0.758. The lowest BCUT2D eigenvalue weighted by Gasteiger charge is -2.24. The average Bonchev–Trinajstić information content (AvgIpc) is 2.87. The summed E-state index contributed by atoms with van der Waals surface area (Å²) < 4.78 is 8.09. The number of amides is 1. The lowest BCUT2D eigenvalue weighted by Crippen LogP contribution is -2.35. The first kappa shape index (κ1) is 18.7. The second-order valence-corrected chi connectivity index (χ2v) is 7.43. The SMILES string of the molecule is CN(CCCNCc1cnc2cnc(Br)cn12)C(=O)OC(C)(C)C. The maximum Gasteiger partial charge on any atom is 0.410 e. The number of hydrogen-bond acceptors (Lipinski definition) is 5. The van der Waals surface area contributed by atoms with Gasteiger partial charge in [0, 0.05) is 26.3 Å². The van der Waals surface area contributed by atoms with E-state index in [4.69, 9.17) is 4.74 Å². The predicted molar refractivity (Wildman–Crippen MR) is 95.9 cm³/mol. The number of imidazole rings is 1. The minimum atomic E-state index is -0.463. The highest BCUT2D eigenvalue weighted by Gasteiger charge is 2.19. The van der Waals surface area contributed by atoms with Crippen LogP contribution >= 0.6 is 15.9 Å². The second kappa shape index (κ2) is 7.94. The predicted octanol–water partition coefficient (Wildman–Crippen LogP) is 2.84. The van der Waals surface area contributed by atoms with E-state index in [0.717, 1.165) is 28.9 Å². The van der Waals surface area contributed by atoms with Crippen molar-refractivity contribution in [1.29, 1.82) is 0 Å². The Morgan fingerprint density at radius 1 is 1.38 bits per heavy atom. The molecule has 0 unspecified atom stereocenters. The fraction of sp³-hybridized carbons (Fsp3) is 0.562. The van der Waals surface area contributed by atoms with Gasteiger partial charge < -0.3 is 15.0 Å². The number of nitrogens with one attached hydrogen (secondary N) is 1. The zero-order valence-corrected chi connectivity index (χ0v) is 16.1. The van der Waals surface area contributed by atoms with Crippen molar-refractivity contribution in [1.82, 2.24) is 24.6 Å². The molecule has 24 heavy (non-hydrogen) atoms. The first-order valence-corrected chi connectivity index (χ1v) is 8.68. The van der Waals surface area contributed by atoms with Gasteiger partial charge >= 0.3 is 6.09 Å². The minimum Gasteiger partial charge on any atom is -0.444 e. The Balaban J connectivity index is 1.73. The van der Waals surface area contributed by atoms with Crippen LogP contribution in [0.4, 0.5) is 4.79 Å². The topological polar surface area (TPSA) is 71.8 Å². The summed E-state index contributed by atoms with van der Waals surface area (Å²) in [5.74, 6) is 0. The first-order valence-electron chi connectivity index (χ1n) is 7.88. The molecule has 132 valence electrons. The van der Waals surface area contributed by atoms with Gasteiger partial charge in [0.1, 0.15) is 10.2 Å². The lowest BCUT2D eigenvalue weighted by atomic mass is 10.2. The molecule has 0 saturated heterocycles. The van der Waals surface area contributed by atoms with E-state index in [1.54, 1.807) is 18.1 Å². The summed E-state index contributed by atoms with van der Waals surface area (Å²) in [5.41, 5.74) is 1.42. The molecule has 0 fully saturated rings. The Bertz CT molecular complexity index is 695. The van der Waals surface area contributed by atoms with Crippen molar-refractivity contribution in [3.05, 3.63) is 28.9 Å². The minimum absolute atomic E-state index is 0.290. The van der Waals surface area contributed by atoms with Crippen LogP contribution in [0.2, 0.25) is 0 Å². The van der Waals surface area contributed by atoms with Gasteiger partial charge in [0.15, 0.2) is 5.65 Å². The number of aromatic nitrogens is 3. The van der Waals surface area contributed by atoms with Crippen molar-refractivity contribution >= 4 is 27.7 Å². The van der Waals surface area contributed by atoms with Crippen molar-refractivity contribution < 1.29 is 9.53 Å². The van der Waals surface area contributed by atoms with Gasteiger partial charge in [0.25, 0.3) is 0 Å². The molecule has 0 aliphatic carbocycles. The molecule has 1 N–H and O–H groups in total. The third-order valence-electron chi connectivity index (χ3n) is 3.30. The molecule has 7 nitrogen and oxygen atoms in total. The summed E-state index contributed by atoms with van der Waals surface area (Å²) in [4.78, 5) is 21.9. The van der Waals surface area contributed by atoms with Crippen LogP contribution in [0.5, 0.6) is 0 Å². The van der Waals surface area contributed by atoms with Crippen molar-refractivity contribution in [3.63, 3.8) is 0 Å². The highest BCUT2D eigenvalue weighted by molar-refractivity contribution is 9.10. The maximum atomic E-state index is 11.8. The Hall–Kier alpha value is -1.67. The molecule has 0 bridgehead atoms. The highest BCUT2D eigenvalue weighted by Crippen LogP contribution is 2.11. The van der Waals surface area contributed by atoms with Crippen LogP contribution < -0.4 is 5.32 Å². The number of carbonyl (C=O) groups is 1. The summed E-state index contributed by atoms with van der Waals surface area (Å²) in [7, 11) is 1.75. The van der Waals surface area contributed by atoms with Gasteiger partial charge in [0.2, 0.25) is 0 Å². The van der Waals surface area contributed by atoms with E-state index in [2.05, 4.69) is 31.2 Å². The van der Waals surface area contributed by atoms with E-state index in [9.17, 15) is 4.79 Å². The van der Waals surface area contributed by atoms with Gasteiger partial charge in [-0.05, 0) is 49.7 Å². The molecule has 8 heteroatoms. The van der Waals surface area contributed by atoms with Gasteiger partial charge in [-0.3, -0.25) is 4.40 Å². The van der Waals surface area contributed by atoms with E-state index in [-0.39, 0.29) is 6.09 Å². The van der Waals surface area contributed by atoms with Crippen LogP contribution in [-0.4, -0.2) is 51.1 Å². The lowest BCUT2D eigenvalue weighted by molar-refractivity contribution is 0.0297. The van der Waals surface area contributed by atoms with Crippen LogP contribution in [0.25, 0.3) is 5.65 Å². The number of carbonyl (C=O) groups excluding carboxylic acids is 1. The molecule has 2 aromatic rings. The number of nitrogens with zero attached hydrogens (tertiary/aromatic N) is 4. The van der Waals surface area contributed by atoms with Crippen LogP contribution in [0.3, 0.4) is 0 Å². The second-order valence-electron chi connectivity index (χ2n) is 6.62. The smallest absolute Gasteiger partial charge is 0.410 e. The fourth-order valence-electron chi connectivity index (χ4n) is 2.14. The monoisotopic (exact) mass is 397 g/mol. The van der Waals surface area contributed by atoms with E-state index >= 15 is 0 Å². The first-order chi connectivity index (χ1) is 11.3. The standard InChI is InChI=1S/C16H24BrN5O2/c1-16(2,3)24-15(23)21(4)7-5-6-18-8-12-9-20-14-10-19-13(17)11-22(12)14/h9-11,18H,5-8H2,1-4H3. The molecule has 0 atom stereocenters. The van der Waals surface area contributed by atoms with Crippen molar-refractivity contribution in [2.24, 2.45) is 0 Å². The molecule has 0 spiro atoms. The summed E-state index contributed by atoms with van der Waals surface area (Å²) >= 11 is 3.36. The van der Waals surface area contributed by atoms with Crippen LogP contribution in [0, 0.1) is 0 Å². The van der Waals surface area contributed by atoms with E-state index in [1.807, 2.05) is 37.6 Å². The molecule has 0 aliphatic rings. The molecular weight excluding hydrogens is 374 g/mol. The molecule has 2 aromatic heterocycles. The van der Waals surface area contributed by atoms with E-state index in [1.165, 1.54) is 0 Å². The number of fused-ring (bicyclic) bond motifs is 1. The van der Waals surface area contributed by atoms with Crippen molar-refractivity contribution in [3.8, 4) is 0 Å². The zero-order chi connectivity index (χ0) is 17.7. The van der Waals surface area contributed by atoms with Crippen molar-refractivity contribution in [2.75, 3.05) is 20.1 Å². The number of hydrogen-bond donors (Lipinski definition) is 1. The Kier molecular flexibility index (Phi) is 6.17. The van der Waals surface area contributed by atoms with Gasteiger partial charge in [-0.1, -0.05) is 0 Å². The van der Waals surface area contributed by atoms with Gasteiger partial charge in [-0.25, -0.2) is 14.8 Å². The largest absolute Gasteiger partial charge is 0.444 e. The normalized spacial score (nSPS) is 11.7. The van der Waals surface area contributed by atoms with Crippen molar-refractivity contribution in [2.45, 2.75) is 39.3 Å². The Morgan fingerprint density at radius 2 is 2.12 bits per heavy atom. The number of ether oxygens (including phenoxy) is 1. The maximum absolute atomic E-state index is 11.8. The van der Waals surface area contributed by atoms with E-state index < -0.39 is 5.60 Å². The van der Waals surface area contributed by atoms with Gasteiger partial charge in [-0.2, -0.15) is 0 Å². The molecular formula is C16H24BrN5O2. The summed E-state index contributed by atoms with van der Waals surface area (Å²) in [6.07, 6.45) is 6.02. The number of rotatable bonds is 6. The Labute approximate surface area is 150 Å². The average molecular weight is 398 g/mol. The molecule has 0 aromatic carbocycles. The van der Waals surface area contributed by atoms with Crippen LogP contribution in [0.1, 0.15) is 32.9 Å². The zero-order valence-electron chi connectivity index (χ0n) is 14.5. The van der Waals surface area contributed by atoms with Gasteiger partial charge in [-0.15, -0.1) is 0 Å². The fourth-order valence-corrected chi connectivity index (χ4v) is 2.44. The Morgan fingerprint density at radius 3 is 2.83 bits per heavy atom. The molecule has 2 rings (SSSR count). The van der Waals surface area contributed by atoms with Gasteiger partial charge in [0.05, 0.1) is 18.1 Å². The molecule has 0 saturated carbocycles. The molecule has 0 radical (unpaired) electrons. The van der Waals surface area contributed by atoms with Crippen LogP contribution in [0.15, 0.2) is 23.2 Å². The van der Waals surface area contributed by atoms with E-state index in [0.29, 0.717) is 13.1 Å². The summed E-state index contributed by atoms with van der Waals surface area (Å²) in [6.45, 7) is 7.74. The molecule has 0 aliphatic heterocycles. The van der Waals surface area contributed by atoms with Crippen LogP contribution in [-0.2, 0) is 11.3 Å². The molecule has 1 amide bonds. The number of halogens is 1. The summed E-state index contributed by atoms with van der Waals surface area (Å²) in [6, 6.07) is 0. The third-order valence-corrected chi connectivity index (χ3v) is 3.71. The molecule has 2 heterocycles.